The Morgan fingerprint density at radius 2 is 0.857 bits per heavy atom. The summed E-state index contributed by atoms with van der Waals surface area (Å²) in [4.78, 5) is 0. The molecule has 0 radical (unpaired) electrons. The number of benzene rings is 9. The van der Waals surface area contributed by atoms with Crippen LogP contribution >= 0.6 is 0 Å². The molecule has 1 spiro atoms. The summed E-state index contributed by atoms with van der Waals surface area (Å²) < 4.78 is 0. The van der Waals surface area contributed by atoms with Crippen LogP contribution in [-0.4, -0.2) is 0 Å². The first-order valence-corrected chi connectivity index (χ1v) is 17.3. The van der Waals surface area contributed by atoms with Crippen molar-refractivity contribution in [3.63, 3.8) is 0 Å². The lowest BCUT2D eigenvalue weighted by Crippen LogP contribution is -2.26. The van der Waals surface area contributed by atoms with Crippen LogP contribution in [0.1, 0.15) is 22.3 Å². The van der Waals surface area contributed by atoms with Gasteiger partial charge >= 0.3 is 0 Å². The highest BCUT2D eigenvalue weighted by Crippen LogP contribution is 2.65. The summed E-state index contributed by atoms with van der Waals surface area (Å²) in [7, 11) is 0. The van der Waals surface area contributed by atoms with Gasteiger partial charge in [0.25, 0.3) is 0 Å². The zero-order valence-electron chi connectivity index (χ0n) is 26.7. The Bertz CT molecular complexity index is 2940. The van der Waals surface area contributed by atoms with E-state index in [4.69, 9.17) is 0 Å². The van der Waals surface area contributed by atoms with Gasteiger partial charge in [-0.1, -0.05) is 152 Å². The standard InChI is InChI=1S/C49H28/c1-2-11-33-29(10-1)20-21-30-22-23-31(26-41(30)33)32-24-25-37-36-14-5-7-18-43(36)49(45(37)27-32)44-19-8-6-15-39(44)48-40-17-9-16-38-34-12-3-4-13-35(34)42(47(38)40)28-46(48)49/h1-28H. The molecule has 9 aromatic rings. The molecule has 12 rings (SSSR count). The van der Waals surface area contributed by atoms with E-state index in [0.29, 0.717) is 0 Å². The lowest BCUT2D eigenvalue weighted by atomic mass is 9.69. The third-order valence-corrected chi connectivity index (χ3v) is 11.8. The Hall–Kier alpha value is -6.24. The second kappa shape index (κ2) is 9.01. The Kier molecular flexibility index (Phi) is 4.74. The van der Waals surface area contributed by atoms with Gasteiger partial charge in [-0.2, -0.15) is 0 Å². The third-order valence-electron chi connectivity index (χ3n) is 11.8. The van der Waals surface area contributed by atoms with Gasteiger partial charge in [-0.25, -0.2) is 0 Å². The number of rotatable bonds is 1. The van der Waals surface area contributed by atoms with Crippen LogP contribution in [0.25, 0.3) is 88.0 Å². The van der Waals surface area contributed by atoms with E-state index >= 15 is 0 Å². The van der Waals surface area contributed by atoms with Crippen LogP contribution in [0.4, 0.5) is 0 Å². The van der Waals surface area contributed by atoms with Crippen molar-refractivity contribution in [1.29, 1.82) is 0 Å². The maximum atomic E-state index is 2.56. The van der Waals surface area contributed by atoms with E-state index in [1.807, 2.05) is 0 Å². The minimum Gasteiger partial charge on any atom is -0.0619 e. The predicted molar refractivity (Wildman–Crippen MR) is 205 cm³/mol. The zero-order valence-corrected chi connectivity index (χ0v) is 26.7. The fourth-order valence-corrected chi connectivity index (χ4v) is 9.85. The van der Waals surface area contributed by atoms with Gasteiger partial charge in [0.05, 0.1) is 5.41 Å². The number of hydrogen-bond acceptors (Lipinski definition) is 0. The van der Waals surface area contributed by atoms with Crippen molar-refractivity contribution in [2.45, 2.75) is 5.41 Å². The van der Waals surface area contributed by atoms with Gasteiger partial charge in [0.15, 0.2) is 0 Å². The Balaban J connectivity index is 1.20. The van der Waals surface area contributed by atoms with Crippen molar-refractivity contribution in [2.75, 3.05) is 0 Å². The van der Waals surface area contributed by atoms with Crippen LogP contribution in [0.5, 0.6) is 0 Å². The molecule has 0 bridgehead atoms. The smallest absolute Gasteiger partial charge is 0.0619 e. The summed E-state index contributed by atoms with van der Waals surface area (Å²) in [6.07, 6.45) is 0. The molecule has 0 heteroatoms. The summed E-state index contributed by atoms with van der Waals surface area (Å²) in [6.45, 7) is 0. The molecule has 0 amide bonds. The van der Waals surface area contributed by atoms with E-state index in [1.165, 1.54) is 110 Å². The van der Waals surface area contributed by atoms with Crippen LogP contribution in [0, 0.1) is 0 Å². The average Bonchev–Trinajstić information content (AvgIpc) is 3.77. The zero-order chi connectivity index (χ0) is 31.8. The lowest BCUT2D eigenvalue weighted by Gasteiger charge is -2.31. The molecule has 49 heavy (non-hydrogen) atoms. The molecule has 0 aromatic heterocycles. The van der Waals surface area contributed by atoms with Crippen molar-refractivity contribution in [2.24, 2.45) is 0 Å². The van der Waals surface area contributed by atoms with Gasteiger partial charge < -0.3 is 0 Å². The van der Waals surface area contributed by atoms with E-state index in [-0.39, 0.29) is 0 Å². The molecule has 1 atom stereocenters. The van der Waals surface area contributed by atoms with E-state index in [0.717, 1.165) is 0 Å². The molecule has 0 saturated heterocycles. The topological polar surface area (TPSA) is 0 Å². The highest BCUT2D eigenvalue weighted by molar-refractivity contribution is 6.21. The van der Waals surface area contributed by atoms with Crippen molar-refractivity contribution < 1.29 is 0 Å². The molecule has 0 saturated carbocycles. The molecule has 0 aliphatic heterocycles. The second-order valence-electron chi connectivity index (χ2n) is 13.9. The molecule has 9 aromatic carbocycles. The van der Waals surface area contributed by atoms with E-state index in [2.05, 4.69) is 170 Å². The van der Waals surface area contributed by atoms with Crippen molar-refractivity contribution >= 4 is 32.3 Å². The normalized spacial score (nSPS) is 15.8. The molecule has 3 aliphatic rings. The Labute approximate surface area is 284 Å². The minimum atomic E-state index is -0.421. The fraction of sp³-hybridized carbons (Fsp3) is 0.0204. The van der Waals surface area contributed by atoms with Crippen molar-refractivity contribution in [3.05, 3.63) is 192 Å². The molecule has 0 N–H and O–H groups in total. The van der Waals surface area contributed by atoms with Crippen LogP contribution in [0.3, 0.4) is 0 Å². The summed E-state index contributed by atoms with van der Waals surface area (Å²) in [5, 5.41) is 7.90. The van der Waals surface area contributed by atoms with Gasteiger partial charge in [0.2, 0.25) is 0 Å². The quantitative estimate of drug-likeness (QED) is 0.161. The van der Waals surface area contributed by atoms with Gasteiger partial charge in [-0.05, 0) is 128 Å². The Morgan fingerprint density at radius 3 is 1.71 bits per heavy atom. The SMILES string of the molecule is c1ccc2c(c1)-c1cccc3c4c(cc-2c13)C1(c2ccccc2-c2ccc(-c3ccc5ccc6ccccc6c5c3)cc21)c1ccccc1-4. The van der Waals surface area contributed by atoms with E-state index in [9.17, 15) is 0 Å². The van der Waals surface area contributed by atoms with Gasteiger partial charge in [0.1, 0.15) is 0 Å². The molecule has 1 unspecified atom stereocenters. The molecule has 0 nitrogen and oxygen atoms in total. The minimum absolute atomic E-state index is 0.421. The molecule has 0 fully saturated rings. The molecule has 3 aliphatic carbocycles. The van der Waals surface area contributed by atoms with Gasteiger partial charge in [-0.3, -0.25) is 0 Å². The third kappa shape index (κ3) is 3.07. The lowest BCUT2D eigenvalue weighted by molar-refractivity contribution is 0.795. The maximum Gasteiger partial charge on any atom is 0.0726 e. The predicted octanol–water partition coefficient (Wildman–Crippen LogP) is 12.8. The first-order chi connectivity index (χ1) is 24.3. The molecular formula is C49H28. The first kappa shape index (κ1) is 25.8. The summed E-state index contributed by atoms with van der Waals surface area (Å²) in [5.41, 5.74) is 18.4. The van der Waals surface area contributed by atoms with Gasteiger partial charge in [0, 0.05) is 0 Å². The summed E-state index contributed by atoms with van der Waals surface area (Å²) in [5.74, 6) is 0. The van der Waals surface area contributed by atoms with Crippen LogP contribution in [0.2, 0.25) is 0 Å². The molecule has 224 valence electrons. The largest absolute Gasteiger partial charge is 0.0726 e. The number of hydrogen-bond donors (Lipinski definition) is 0. The van der Waals surface area contributed by atoms with E-state index < -0.39 is 5.41 Å². The van der Waals surface area contributed by atoms with Crippen LogP contribution in [0.15, 0.2) is 170 Å². The van der Waals surface area contributed by atoms with Gasteiger partial charge in [-0.15, -0.1) is 0 Å². The molecule has 0 heterocycles. The number of fused-ring (bicyclic) bond motifs is 17. The maximum absolute atomic E-state index is 2.56. The summed E-state index contributed by atoms with van der Waals surface area (Å²) in [6, 6.07) is 64.3. The first-order valence-electron chi connectivity index (χ1n) is 17.3. The Morgan fingerprint density at radius 1 is 0.286 bits per heavy atom. The van der Waals surface area contributed by atoms with Crippen molar-refractivity contribution in [3.8, 4) is 55.6 Å². The second-order valence-corrected chi connectivity index (χ2v) is 13.9. The molecular weight excluding hydrogens is 589 g/mol. The van der Waals surface area contributed by atoms with E-state index in [1.54, 1.807) is 0 Å². The fourth-order valence-electron chi connectivity index (χ4n) is 9.85. The van der Waals surface area contributed by atoms with Crippen LogP contribution < -0.4 is 0 Å². The highest BCUT2D eigenvalue weighted by Gasteiger charge is 2.52. The van der Waals surface area contributed by atoms with Crippen molar-refractivity contribution in [1.82, 2.24) is 0 Å². The highest BCUT2D eigenvalue weighted by atomic mass is 14.5. The summed E-state index contributed by atoms with van der Waals surface area (Å²) >= 11 is 0. The average molecular weight is 617 g/mol. The monoisotopic (exact) mass is 616 g/mol. The van der Waals surface area contributed by atoms with Crippen LogP contribution in [-0.2, 0) is 5.41 Å².